The Labute approximate surface area is 232 Å². The van der Waals surface area contributed by atoms with Crippen molar-refractivity contribution in [3.63, 3.8) is 0 Å². The second kappa shape index (κ2) is 10.2. The molecule has 0 fully saturated rings. The van der Waals surface area contributed by atoms with E-state index in [9.17, 15) is 22.4 Å². The Morgan fingerprint density at radius 2 is 1.77 bits per heavy atom. The minimum atomic E-state index is -3.80. The van der Waals surface area contributed by atoms with Crippen LogP contribution in [0.25, 0.3) is 27.8 Å². The quantitative estimate of drug-likeness (QED) is 0.309. The highest BCUT2D eigenvalue weighted by molar-refractivity contribution is 7.90. The van der Waals surface area contributed by atoms with E-state index in [2.05, 4.69) is 25.7 Å². The highest BCUT2D eigenvalue weighted by atomic mass is 35.5. The number of benzene rings is 2. The van der Waals surface area contributed by atoms with Crippen molar-refractivity contribution < 1.29 is 17.6 Å². The first-order valence-corrected chi connectivity index (χ1v) is 13.9. The van der Waals surface area contributed by atoms with Gasteiger partial charge >= 0.3 is 0 Å². The second-order valence-corrected chi connectivity index (χ2v) is 11.2. The summed E-state index contributed by atoms with van der Waals surface area (Å²) in [6.45, 7) is 0. The van der Waals surface area contributed by atoms with Crippen LogP contribution in [0.15, 0.2) is 70.6 Å². The van der Waals surface area contributed by atoms with E-state index in [1.54, 1.807) is 26.4 Å². The number of carbonyl (C=O) groups is 1. The lowest BCUT2D eigenvalue weighted by atomic mass is 10.0. The van der Waals surface area contributed by atoms with E-state index in [0.29, 0.717) is 22.5 Å². The van der Waals surface area contributed by atoms with E-state index in [-0.39, 0.29) is 38.2 Å². The number of aromatic nitrogens is 5. The van der Waals surface area contributed by atoms with Gasteiger partial charge in [-0.2, -0.15) is 10.1 Å². The molecule has 1 amide bonds. The summed E-state index contributed by atoms with van der Waals surface area (Å²) in [6.07, 6.45) is 2.55. The van der Waals surface area contributed by atoms with Gasteiger partial charge in [0.25, 0.3) is 11.5 Å². The number of nitrogens with one attached hydrogen (secondary N) is 2. The molecule has 11 nitrogen and oxygen atoms in total. The standard InChI is InChI=1S/C26H21ClFN7O4S/c1-29-26-30-13-14-10-19(25(37)34(2)23(14)32-26)18-11-16(6-9-20(18)27)31-24(36)21-12-22(40(3,38)39)35(33-21)17-7-4-15(28)5-8-17/h4-13H,1-3H3,(H,31,36)(H,29,30,32). The molecular weight excluding hydrogens is 561 g/mol. The van der Waals surface area contributed by atoms with E-state index in [4.69, 9.17) is 11.6 Å². The van der Waals surface area contributed by atoms with Crippen molar-refractivity contribution in [2.24, 2.45) is 7.05 Å². The minimum absolute atomic E-state index is 0.194. The molecule has 0 spiro atoms. The van der Waals surface area contributed by atoms with Gasteiger partial charge in [0, 0.05) is 59.8 Å². The number of pyridine rings is 1. The first-order chi connectivity index (χ1) is 19.0. The van der Waals surface area contributed by atoms with E-state index in [1.807, 2.05) is 0 Å². The largest absolute Gasteiger partial charge is 0.357 e. The average Bonchev–Trinajstić information content (AvgIpc) is 3.39. The van der Waals surface area contributed by atoms with Crippen molar-refractivity contribution >= 4 is 50.0 Å². The van der Waals surface area contributed by atoms with Gasteiger partial charge in [0.05, 0.1) is 5.69 Å². The minimum Gasteiger partial charge on any atom is -0.357 e. The molecule has 204 valence electrons. The van der Waals surface area contributed by atoms with Gasteiger partial charge in [0.1, 0.15) is 11.5 Å². The number of halogens is 2. The number of carbonyl (C=O) groups excluding carboxylic acids is 1. The normalized spacial score (nSPS) is 11.5. The van der Waals surface area contributed by atoms with E-state index in [0.717, 1.165) is 29.1 Å². The highest BCUT2D eigenvalue weighted by Gasteiger charge is 2.22. The van der Waals surface area contributed by atoms with E-state index >= 15 is 0 Å². The van der Waals surface area contributed by atoms with E-state index in [1.165, 1.54) is 34.9 Å². The zero-order chi connectivity index (χ0) is 28.8. The zero-order valence-corrected chi connectivity index (χ0v) is 22.9. The number of aryl methyl sites for hydroxylation is 1. The van der Waals surface area contributed by atoms with Crippen LogP contribution in [-0.2, 0) is 16.9 Å². The molecule has 40 heavy (non-hydrogen) atoms. The summed E-state index contributed by atoms with van der Waals surface area (Å²) in [6, 6.07) is 12.3. The van der Waals surface area contributed by atoms with Gasteiger partial charge in [-0.1, -0.05) is 11.6 Å². The number of fused-ring (bicyclic) bond motifs is 1. The SMILES string of the molecule is CNc1ncc2cc(-c3cc(NC(=O)c4cc(S(C)(=O)=O)n(-c5ccc(F)cc5)n4)ccc3Cl)c(=O)n(C)c2n1. The van der Waals surface area contributed by atoms with Crippen LogP contribution in [-0.4, -0.2) is 51.9 Å². The molecule has 0 radical (unpaired) electrons. The summed E-state index contributed by atoms with van der Waals surface area (Å²) in [5.41, 5.74) is 1.02. The van der Waals surface area contributed by atoms with Gasteiger partial charge in [0.15, 0.2) is 20.6 Å². The maximum absolute atomic E-state index is 13.4. The van der Waals surface area contributed by atoms with Crippen molar-refractivity contribution in [1.29, 1.82) is 0 Å². The van der Waals surface area contributed by atoms with Gasteiger partial charge in [-0.05, 0) is 48.5 Å². The number of hydrogen-bond donors (Lipinski definition) is 2. The monoisotopic (exact) mass is 581 g/mol. The van der Waals surface area contributed by atoms with Crippen molar-refractivity contribution in [3.8, 4) is 16.8 Å². The number of anilines is 2. The third-order valence-electron chi connectivity index (χ3n) is 6.05. The molecule has 2 aromatic carbocycles. The Bertz CT molecular complexity index is 1970. The highest BCUT2D eigenvalue weighted by Crippen LogP contribution is 2.30. The summed E-state index contributed by atoms with van der Waals surface area (Å²) < 4.78 is 40.6. The second-order valence-electron chi connectivity index (χ2n) is 8.82. The average molecular weight is 582 g/mol. The van der Waals surface area contributed by atoms with Gasteiger partial charge < -0.3 is 10.6 Å². The number of amides is 1. The summed E-state index contributed by atoms with van der Waals surface area (Å²) >= 11 is 6.45. The predicted molar refractivity (Wildman–Crippen MR) is 149 cm³/mol. The first-order valence-electron chi connectivity index (χ1n) is 11.7. The van der Waals surface area contributed by atoms with Crippen LogP contribution >= 0.6 is 11.6 Å². The molecule has 5 rings (SSSR count). The Kier molecular flexibility index (Phi) is 6.85. The van der Waals surface area contributed by atoms with Gasteiger partial charge in [-0.25, -0.2) is 22.5 Å². The van der Waals surface area contributed by atoms with Crippen molar-refractivity contribution in [1.82, 2.24) is 24.3 Å². The number of sulfone groups is 1. The number of rotatable bonds is 6. The third-order valence-corrected chi connectivity index (χ3v) is 7.43. The fourth-order valence-electron chi connectivity index (χ4n) is 4.07. The summed E-state index contributed by atoms with van der Waals surface area (Å²) in [5, 5.41) is 10.3. The topological polar surface area (TPSA) is 141 Å². The molecule has 3 heterocycles. The Morgan fingerprint density at radius 3 is 2.45 bits per heavy atom. The van der Waals surface area contributed by atoms with Crippen LogP contribution in [0.5, 0.6) is 0 Å². The Hall–Kier alpha value is -4.62. The van der Waals surface area contributed by atoms with Crippen LogP contribution in [0.2, 0.25) is 5.02 Å². The molecule has 0 aliphatic carbocycles. The Morgan fingerprint density at radius 1 is 1.05 bits per heavy atom. The molecular formula is C26H21ClFN7O4S. The lowest BCUT2D eigenvalue weighted by molar-refractivity contribution is 0.102. The van der Waals surface area contributed by atoms with Gasteiger partial charge in [0.2, 0.25) is 5.95 Å². The fraction of sp³-hybridized carbons (Fsp3) is 0.115. The molecule has 2 N–H and O–H groups in total. The number of hydrogen-bond acceptors (Lipinski definition) is 8. The van der Waals surface area contributed by atoms with Gasteiger partial charge in [-0.15, -0.1) is 0 Å². The molecule has 0 aliphatic rings. The van der Waals surface area contributed by atoms with Crippen LogP contribution in [0.3, 0.4) is 0 Å². The molecule has 0 saturated heterocycles. The molecule has 0 atom stereocenters. The fourth-order valence-corrected chi connectivity index (χ4v) is 5.08. The first kappa shape index (κ1) is 27.0. The molecule has 0 bridgehead atoms. The third kappa shape index (κ3) is 5.03. The molecule has 0 aliphatic heterocycles. The van der Waals surface area contributed by atoms with Crippen molar-refractivity contribution in [2.45, 2.75) is 5.03 Å². The van der Waals surface area contributed by atoms with Crippen LogP contribution in [0.4, 0.5) is 16.0 Å². The number of nitrogens with zero attached hydrogens (tertiary/aromatic N) is 5. The van der Waals surface area contributed by atoms with Crippen molar-refractivity contribution in [3.05, 3.63) is 87.7 Å². The maximum atomic E-state index is 13.4. The summed E-state index contributed by atoms with van der Waals surface area (Å²) in [4.78, 5) is 34.9. The predicted octanol–water partition coefficient (Wildman–Crippen LogP) is 3.67. The molecule has 14 heteroatoms. The van der Waals surface area contributed by atoms with Crippen molar-refractivity contribution in [2.75, 3.05) is 23.9 Å². The molecule has 0 unspecified atom stereocenters. The molecule has 5 aromatic rings. The van der Waals surface area contributed by atoms with Gasteiger partial charge in [-0.3, -0.25) is 14.2 Å². The smallest absolute Gasteiger partial charge is 0.276 e. The molecule has 0 saturated carbocycles. The van der Waals surface area contributed by atoms with Crippen LogP contribution in [0, 0.1) is 5.82 Å². The summed E-state index contributed by atoms with van der Waals surface area (Å²) in [5.74, 6) is -0.859. The lowest BCUT2D eigenvalue weighted by Gasteiger charge is -2.12. The van der Waals surface area contributed by atoms with E-state index < -0.39 is 21.6 Å². The Balaban J connectivity index is 1.52. The van der Waals surface area contributed by atoms with Crippen LogP contribution in [0.1, 0.15) is 10.5 Å². The maximum Gasteiger partial charge on any atom is 0.276 e. The zero-order valence-electron chi connectivity index (χ0n) is 21.3. The lowest BCUT2D eigenvalue weighted by Crippen LogP contribution is -2.20. The molecule has 3 aromatic heterocycles. The van der Waals surface area contributed by atoms with Crippen LogP contribution < -0.4 is 16.2 Å². The summed E-state index contributed by atoms with van der Waals surface area (Å²) in [7, 11) is -0.550.